The van der Waals surface area contributed by atoms with Crippen molar-refractivity contribution in [1.29, 1.82) is 0 Å². The lowest BCUT2D eigenvalue weighted by Crippen LogP contribution is -2.10. The zero-order chi connectivity index (χ0) is 14.8. The summed E-state index contributed by atoms with van der Waals surface area (Å²) in [6.45, 7) is 3.82. The second kappa shape index (κ2) is 5.85. The largest absolute Gasteiger partial charge is 0.461 e. The van der Waals surface area contributed by atoms with E-state index in [4.69, 9.17) is 16.3 Å². The third kappa shape index (κ3) is 3.42. The minimum Gasteiger partial charge on any atom is -0.461 e. The van der Waals surface area contributed by atoms with Crippen molar-refractivity contribution in [2.24, 2.45) is 0 Å². The molecule has 21 heavy (non-hydrogen) atoms. The predicted molar refractivity (Wildman–Crippen MR) is 82.4 cm³/mol. The highest BCUT2D eigenvalue weighted by molar-refractivity contribution is 6.28. The Labute approximate surface area is 128 Å². The molecule has 1 aliphatic rings. The summed E-state index contributed by atoms with van der Waals surface area (Å²) in [7, 11) is 0. The molecule has 1 aromatic carbocycles. The maximum absolute atomic E-state index is 5.91. The molecule has 5 nitrogen and oxygen atoms in total. The number of nitrogens with zero attached hydrogens (tertiary/aromatic N) is 3. The van der Waals surface area contributed by atoms with Crippen molar-refractivity contribution >= 4 is 23.2 Å². The van der Waals surface area contributed by atoms with Gasteiger partial charge in [0.2, 0.25) is 11.2 Å². The molecule has 0 atom stereocenters. The van der Waals surface area contributed by atoms with Crippen LogP contribution in [0.1, 0.15) is 31.4 Å². The summed E-state index contributed by atoms with van der Waals surface area (Å²) in [5.41, 5.74) is 3.77. The molecule has 0 saturated carbocycles. The van der Waals surface area contributed by atoms with Crippen LogP contribution in [0.15, 0.2) is 18.2 Å². The van der Waals surface area contributed by atoms with E-state index < -0.39 is 0 Å². The summed E-state index contributed by atoms with van der Waals surface area (Å²) in [6.07, 6.45) is 3.50. The van der Waals surface area contributed by atoms with Crippen molar-refractivity contribution in [1.82, 2.24) is 15.0 Å². The van der Waals surface area contributed by atoms with E-state index in [-0.39, 0.29) is 17.4 Å². The van der Waals surface area contributed by atoms with Gasteiger partial charge in [0.1, 0.15) is 0 Å². The average Bonchev–Trinajstić information content (AvgIpc) is 2.84. The topological polar surface area (TPSA) is 59.9 Å². The summed E-state index contributed by atoms with van der Waals surface area (Å²) in [5.74, 6) is 0.392. The molecule has 0 saturated heterocycles. The fourth-order valence-corrected chi connectivity index (χ4v) is 2.58. The standard InChI is InChI=1S/C15H17ClN4O/c1-9(2)21-15-19-13(16)18-14(20-15)17-12-7-6-10-4-3-5-11(10)8-12/h6-9H,3-5H2,1-2H3,(H,17,18,19,20). The maximum atomic E-state index is 5.91. The number of rotatable bonds is 4. The van der Waals surface area contributed by atoms with E-state index in [0.717, 1.165) is 12.1 Å². The number of fused-ring (bicyclic) bond motifs is 1. The Morgan fingerprint density at radius 3 is 2.76 bits per heavy atom. The number of anilines is 2. The van der Waals surface area contributed by atoms with Crippen molar-refractivity contribution in [2.75, 3.05) is 5.32 Å². The lowest BCUT2D eigenvalue weighted by atomic mass is 10.1. The van der Waals surface area contributed by atoms with Crippen LogP contribution in [0.3, 0.4) is 0 Å². The highest BCUT2D eigenvalue weighted by Crippen LogP contribution is 2.26. The van der Waals surface area contributed by atoms with Gasteiger partial charge in [-0.3, -0.25) is 0 Å². The van der Waals surface area contributed by atoms with Crippen molar-refractivity contribution in [3.63, 3.8) is 0 Å². The van der Waals surface area contributed by atoms with Gasteiger partial charge in [-0.1, -0.05) is 6.07 Å². The molecule has 0 amide bonds. The highest BCUT2D eigenvalue weighted by Gasteiger charge is 2.12. The second-order valence-corrected chi connectivity index (χ2v) is 5.68. The van der Waals surface area contributed by atoms with Crippen molar-refractivity contribution in [2.45, 2.75) is 39.2 Å². The van der Waals surface area contributed by atoms with E-state index in [0.29, 0.717) is 5.95 Å². The Kier molecular flexibility index (Phi) is 3.92. The first-order valence-electron chi connectivity index (χ1n) is 7.07. The molecule has 1 heterocycles. The van der Waals surface area contributed by atoms with Gasteiger partial charge in [0.05, 0.1) is 6.10 Å². The van der Waals surface area contributed by atoms with Gasteiger partial charge >= 0.3 is 6.01 Å². The van der Waals surface area contributed by atoms with Crippen LogP contribution in [-0.2, 0) is 12.8 Å². The van der Waals surface area contributed by atoms with Crippen molar-refractivity contribution in [3.8, 4) is 6.01 Å². The molecule has 0 radical (unpaired) electrons. The molecule has 0 fully saturated rings. The van der Waals surface area contributed by atoms with Crippen LogP contribution in [-0.4, -0.2) is 21.1 Å². The molecule has 110 valence electrons. The van der Waals surface area contributed by atoms with E-state index in [9.17, 15) is 0 Å². The van der Waals surface area contributed by atoms with Gasteiger partial charge in [-0.15, -0.1) is 0 Å². The second-order valence-electron chi connectivity index (χ2n) is 5.34. The first-order valence-corrected chi connectivity index (χ1v) is 7.45. The monoisotopic (exact) mass is 304 g/mol. The van der Waals surface area contributed by atoms with E-state index >= 15 is 0 Å². The molecule has 1 N–H and O–H groups in total. The quantitative estimate of drug-likeness (QED) is 0.936. The molecule has 0 unspecified atom stereocenters. The minimum atomic E-state index is -0.0173. The Morgan fingerprint density at radius 2 is 1.95 bits per heavy atom. The number of halogens is 1. The summed E-state index contributed by atoms with van der Waals surface area (Å²) >= 11 is 5.91. The molecule has 2 aromatic rings. The molecule has 6 heteroatoms. The fourth-order valence-electron chi connectivity index (χ4n) is 2.43. The SMILES string of the molecule is CC(C)Oc1nc(Cl)nc(Nc2ccc3c(c2)CCC3)n1. The third-order valence-electron chi connectivity index (χ3n) is 3.28. The first kappa shape index (κ1) is 14.1. The third-order valence-corrected chi connectivity index (χ3v) is 3.45. The lowest BCUT2D eigenvalue weighted by Gasteiger charge is -2.10. The van der Waals surface area contributed by atoms with E-state index in [1.54, 1.807) is 0 Å². The van der Waals surface area contributed by atoms with Crippen LogP contribution in [0.5, 0.6) is 6.01 Å². The number of benzene rings is 1. The van der Waals surface area contributed by atoms with E-state index in [1.807, 2.05) is 19.9 Å². The summed E-state index contributed by atoms with van der Waals surface area (Å²) < 4.78 is 5.46. The minimum absolute atomic E-state index is 0.0173. The number of nitrogens with one attached hydrogen (secondary N) is 1. The normalized spacial score (nSPS) is 13.3. The van der Waals surface area contributed by atoms with Crippen molar-refractivity contribution < 1.29 is 4.74 Å². The average molecular weight is 305 g/mol. The van der Waals surface area contributed by atoms with Crippen LogP contribution in [0, 0.1) is 0 Å². The van der Waals surface area contributed by atoms with Crippen LogP contribution in [0.4, 0.5) is 11.6 Å². The van der Waals surface area contributed by atoms with Gasteiger partial charge < -0.3 is 10.1 Å². The zero-order valence-corrected chi connectivity index (χ0v) is 12.8. The highest BCUT2D eigenvalue weighted by atomic mass is 35.5. The van der Waals surface area contributed by atoms with E-state index in [1.165, 1.54) is 24.0 Å². The number of aromatic nitrogens is 3. The van der Waals surface area contributed by atoms with Crippen LogP contribution < -0.4 is 10.1 Å². The smallest absolute Gasteiger partial charge is 0.322 e. The van der Waals surface area contributed by atoms with Gasteiger partial charge in [-0.2, -0.15) is 15.0 Å². The van der Waals surface area contributed by atoms with Crippen LogP contribution in [0.25, 0.3) is 0 Å². The van der Waals surface area contributed by atoms with Gasteiger partial charge in [0.25, 0.3) is 0 Å². The molecule has 1 aromatic heterocycles. The predicted octanol–water partition coefficient (Wildman–Crippen LogP) is 3.54. The Balaban J connectivity index is 1.82. The Hall–Kier alpha value is -1.88. The van der Waals surface area contributed by atoms with Crippen molar-refractivity contribution in [3.05, 3.63) is 34.6 Å². The van der Waals surface area contributed by atoms with Gasteiger partial charge in [0.15, 0.2) is 0 Å². The Bertz CT molecular complexity index is 660. The van der Waals surface area contributed by atoms with E-state index in [2.05, 4.69) is 32.4 Å². The number of hydrogen-bond donors (Lipinski definition) is 1. The molecule has 0 aliphatic heterocycles. The summed E-state index contributed by atoms with van der Waals surface area (Å²) in [4.78, 5) is 12.3. The van der Waals surface area contributed by atoms with Crippen LogP contribution >= 0.6 is 11.6 Å². The number of hydrogen-bond acceptors (Lipinski definition) is 5. The molecule has 1 aliphatic carbocycles. The summed E-state index contributed by atoms with van der Waals surface area (Å²) in [6, 6.07) is 6.56. The van der Waals surface area contributed by atoms with Gasteiger partial charge in [0, 0.05) is 5.69 Å². The zero-order valence-electron chi connectivity index (χ0n) is 12.1. The maximum Gasteiger partial charge on any atom is 0.322 e. The molecule has 3 rings (SSSR count). The number of ether oxygens (including phenoxy) is 1. The fraction of sp³-hybridized carbons (Fsp3) is 0.400. The molecule has 0 spiro atoms. The molecular formula is C15H17ClN4O. The number of aryl methyl sites for hydroxylation is 2. The van der Waals surface area contributed by atoms with Crippen LogP contribution in [0.2, 0.25) is 5.28 Å². The Morgan fingerprint density at radius 1 is 1.14 bits per heavy atom. The summed E-state index contributed by atoms with van der Waals surface area (Å²) in [5, 5.41) is 3.28. The first-order chi connectivity index (χ1) is 10.1. The van der Waals surface area contributed by atoms with Gasteiger partial charge in [-0.25, -0.2) is 0 Å². The molecule has 0 bridgehead atoms. The lowest BCUT2D eigenvalue weighted by molar-refractivity contribution is 0.222. The van der Waals surface area contributed by atoms with Gasteiger partial charge in [-0.05, 0) is 68.0 Å². The molecular weight excluding hydrogens is 288 g/mol.